The summed E-state index contributed by atoms with van der Waals surface area (Å²) >= 11 is 0. The zero-order chi connectivity index (χ0) is 6.81. The van der Waals surface area contributed by atoms with Crippen LogP contribution in [0.3, 0.4) is 0 Å². The van der Waals surface area contributed by atoms with Crippen LogP contribution in [0.4, 0.5) is 0 Å². The molecule has 1 N–H and O–H groups in total. The van der Waals surface area contributed by atoms with Gasteiger partial charge in [0.15, 0.2) is 5.69 Å². The average molecular weight is 136 g/mol. The Bertz CT molecular complexity index is 269. The van der Waals surface area contributed by atoms with Gasteiger partial charge in [-0.05, 0) is 10.4 Å². The molecule has 0 spiro atoms. The molecule has 0 unspecified atom stereocenters. The van der Waals surface area contributed by atoms with Crippen LogP contribution in [-0.2, 0) is 0 Å². The Hall–Kier alpha value is -1.79. The highest BCUT2D eigenvalue weighted by atomic mass is 15.6. The first kappa shape index (κ1) is 5.03. The van der Waals surface area contributed by atoms with Gasteiger partial charge in [0.2, 0.25) is 5.84 Å². The molecule has 0 saturated carbocycles. The topological polar surface area (TPSA) is 92.8 Å². The van der Waals surface area contributed by atoms with Gasteiger partial charge in [-0.25, -0.2) is 0 Å². The maximum absolute atomic E-state index is 3.65. The van der Waals surface area contributed by atoms with Crippen molar-refractivity contribution in [1.29, 1.82) is 0 Å². The Balaban J connectivity index is 2.30. The van der Waals surface area contributed by atoms with E-state index >= 15 is 0 Å². The normalized spacial score (nSPS) is 15.0. The third-order valence-electron chi connectivity index (χ3n) is 0.965. The van der Waals surface area contributed by atoms with Gasteiger partial charge in [-0.3, -0.25) is 5.10 Å². The summed E-state index contributed by atoms with van der Waals surface area (Å²) in [6, 6.07) is 0. The lowest BCUT2D eigenvalue weighted by atomic mass is 10.4. The number of aromatic nitrogens is 3. The number of amidine groups is 1. The van der Waals surface area contributed by atoms with Crippen LogP contribution in [0.25, 0.3) is 0 Å². The van der Waals surface area contributed by atoms with E-state index in [1.807, 2.05) is 0 Å². The predicted molar refractivity (Wildman–Crippen MR) is 29.9 cm³/mol. The lowest BCUT2D eigenvalue weighted by molar-refractivity contribution is 0.913. The van der Waals surface area contributed by atoms with Crippen molar-refractivity contribution in [3.8, 4) is 0 Å². The molecule has 1 aliphatic heterocycles. The number of nitrogens with zero attached hydrogens (tertiary/aromatic N) is 6. The minimum atomic E-state index is 0.383. The number of rotatable bonds is 1. The fourth-order valence-corrected chi connectivity index (χ4v) is 0.558. The van der Waals surface area contributed by atoms with Crippen molar-refractivity contribution in [2.75, 3.05) is 0 Å². The smallest absolute Gasteiger partial charge is 0.229 e. The SMILES string of the molecule is c1[nH]nnc1C1=NN=N[N]1. The summed E-state index contributed by atoms with van der Waals surface area (Å²) < 4.78 is 0. The van der Waals surface area contributed by atoms with Gasteiger partial charge in [0, 0.05) is 0 Å². The average Bonchev–Trinajstić information content (AvgIpc) is 2.59. The molecule has 1 radical (unpaired) electrons. The van der Waals surface area contributed by atoms with E-state index in [0.29, 0.717) is 11.5 Å². The quantitative estimate of drug-likeness (QED) is 0.560. The number of hydrogen-bond donors (Lipinski definition) is 1. The van der Waals surface area contributed by atoms with Gasteiger partial charge < -0.3 is 0 Å². The molecule has 2 rings (SSSR count). The first-order valence-corrected chi connectivity index (χ1v) is 2.52. The van der Waals surface area contributed by atoms with Gasteiger partial charge in [0.25, 0.3) is 0 Å². The third kappa shape index (κ3) is 0.642. The van der Waals surface area contributed by atoms with Crippen LogP contribution in [0.15, 0.2) is 21.7 Å². The molecule has 10 heavy (non-hydrogen) atoms. The molecule has 7 nitrogen and oxygen atoms in total. The maximum Gasteiger partial charge on any atom is 0.229 e. The molecular formula is C3H2N7. The lowest BCUT2D eigenvalue weighted by Crippen LogP contribution is -2.07. The second-order valence-electron chi connectivity index (χ2n) is 1.56. The van der Waals surface area contributed by atoms with Gasteiger partial charge in [0.05, 0.1) is 6.20 Å². The van der Waals surface area contributed by atoms with Gasteiger partial charge >= 0.3 is 0 Å². The highest BCUT2D eigenvalue weighted by Crippen LogP contribution is 1.98. The number of hydrogen-bond acceptors (Lipinski definition) is 5. The van der Waals surface area contributed by atoms with Gasteiger partial charge in [-0.15, -0.1) is 15.6 Å². The highest BCUT2D eigenvalue weighted by Gasteiger charge is 2.10. The van der Waals surface area contributed by atoms with Gasteiger partial charge in [-0.1, -0.05) is 5.21 Å². The van der Waals surface area contributed by atoms with Crippen LogP contribution in [-0.4, -0.2) is 21.2 Å². The second kappa shape index (κ2) is 1.87. The molecule has 1 aliphatic rings. The van der Waals surface area contributed by atoms with Crippen molar-refractivity contribution in [2.45, 2.75) is 0 Å². The first-order chi connectivity index (χ1) is 4.97. The van der Waals surface area contributed by atoms with Gasteiger partial charge in [-0.2, -0.15) is 0 Å². The molecule has 49 valence electrons. The van der Waals surface area contributed by atoms with Crippen LogP contribution in [0.2, 0.25) is 0 Å². The molecule has 1 aromatic heterocycles. The summed E-state index contributed by atoms with van der Waals surface area (Å²) in [5.74, 6) is 0.383. The monoisotopic (exact) mass is 136 g/mol. The Morgan fingerprint density at radius 3 is 2.90 bits per heavy atom. The summed E-state index contributed by atoms with van der Waals surface area (Å²) in [5.41, 5.74) is 4.11. The van der Waals surface area contributed by atoms with E-state index in [2.05, 4.69) is 36.4 Å². The van der Waals surface area contributed by atoms with Crippen LogP contribution < -0.4 is 5.43 Å². The Morgan fingerprint density at radius 1 is 1.30 bits per heavy atom. The first-order valence-electron chi connectivity index (χ1n) is 2.52. The maximum atomic E-state index is 3.65. The van der Waals surface area contributed by atoms with Crippen LogP contribution >= 0.6 is 0 Å². The largest absolute Gasteiger partial charge is 0.265 e. The van der Waals surface area contributed by atoms with Crippen LogP contribution in [0, 0.1) is 0 Å². The van der Waals surface area contributed by atoms with E-state index in [0.717, 1.165) is 0 Å². The molecule has 0 aromatic carbocycles. The molecule has 0 atom stereocenters. The van der Waals surface area contributed by atoms with Crippen molar-refractivity contribution in [1.82, 2.24) is 20.8 Å². The summed E-state index contributed by atoms with van der Waals surface area (Å²) in [4.78, 5) is 0. The summed E-state index contributed by atoms with van der Waals surface area (Å²) in [6.45, 7) is 0. The molecule has 0 saturated heterocycles. The van der Waals surface area contributed by atoms with Crippen molar-refractivity contribution in [3.05, 3.63) is 11.9 Å². The van der Waals surface area contributed by atoms with Crippen molar-refractivity contribution < 1.29 is 0 Å². The summed E-state index contributed by atoms with van der Waals surface area (Å²) in [5, 5.41) is 19.8. The van der Waals surface area contributed by atoms with Crippen LogP contribution in [0.5, 0.6) is 0 Å². The Kier molecular flexibility index (Phi) is 0.938. The highest BCUT2D eigenvalue weighted by molar-refractivity contribution is 5.96. The molecule has 0 aliphatic carbocycles. The molecule has 2 heterocycles. The zero-order valence-corrected chi connectivity index (χ0v) is 4.76. The number of H-pyrrole nitrogens is 1. The minimum Gasteiger partial charge on any atom is -0.265 e. The minimum absolute atomic E-state index is 0.383. The van der Waals surface area contributed by atoms with E-state index in [9.17, 15) is 0 Å². The van der Waals surface area contributed by atoms with Crippen molar-refractivity contribution >= 4 is 5.84 Å². The lowest BCUT2D eigenvalue weighted by Gasteiger charge is -1.83. The Morgan fingerprint density at radius 2 is 2.30 bits per heavy atom. The van der Waals surface area contributed by atoms with E-state index < -0.39 is 0 Å². The van der Waals surface area contributed by atoms with Gasteiger partial charge in [0.1, 0.15) is 0 Å². The number of nitrogens with one attached hydrogen (secondary N) is 1. The predicted octanol–water partition coefficient (Wildman–Crippen LogP) is -0.549. The molecule has 0 fully saturated rings. The van der Waals surface area contributed by atoms with E-state index in [-0.39, 0.29) is 0 Å². The summed E-state index contributed by atoms with van der Waals surface area (Å²) in [7, 11) is 0. The standard InChI is InChI=1S/C3H2N7/c1-2(5-8-4-1)3-6-9-10-7-3/h1H,(H,4,5,8). The molecular weight excluding hydrogens is 134 g/mol. The third-order valence-corrected chi connectivity index (χ3v) is 0.965. The zero-order valence-electron chi connectivity index (χ0n) is 4.76. The van der Waals surface area contributed by atoms with Crippen molar-refractivity contribution in [2.24, 2.45) is 15.5 Å². The van der Waals surface area contributed by atoms with E-state index in [4.69, 9.17) is 0 Å². The number of aromatic amines is 1. The summed E-state index contributed by atoms with van der Waals surface area (Å²) in [6.07, 6.45) is 1.57. The second-order valence-corrected chi connectivity index (χ2v) is 1.56. The molecule has 0 bridgehead atoms. The molecule has 1 aromatic rings. The molecule has 0 amide bonds. The fraction of sp³-hybridized carbons (Fsp3) is 0. The van der Waals surface area contributed by atoms with E-state index in [1.165, 1.54) is 0 Å². The van der Waals surface area contributed by atoms with E-state index in [1.54, 1.807) is 6.20 Å². The Labute approximate surface area is 55.2 Å². The van der Waals surface area contributed by atoms with Crippen LogP contribution in [0.1, 0.15) is 5.69 Å². The molecule has 7 heteroatoms. The van der Waals surface area contributed by atoms with Crippen molar-refractivity contribution in [3.63, 3.8) is 0 Å². The fourth-order valence-electron chi connectivity index (χ4n) is 0.558.